The van der Waals surface area contributed by atoms with E-state index in [0.717, 1.165) is 38.9 Å². The Morgan fingerprint density at radius 1 is 1.11 bits per heavy atom. The van der Waals surface area contributed by atoms with Crippen LogP contribution in [0.15, 0.2) is 84.0 Å². The van der Waals surface area contributed by atoms with Crippen LogP contribution in [-0.2, 0) is 11.2 Å². The molecule has 0 aromatic heterocycles. The van der Waals surface area contributed by atoms with Crippen molar-refractivity contribution >= 4 is 41.1 Å². The van der Waals surface area contributed by atoms with Gasteiger partial charge in [0.05, 0.1) is 33.8 Å². The topological polar surface area (TPSA) is 147 Å². The van der Waals surface area contributed by atoms with Gasteiger partial charge in [0.2, 0.25) is 5.91 Å². The summed E-state index contributed by atoms with van der Waals surface area (Å²) in [4.78, 5) is 30.3. The highest BCUT2D eigenvalue weighted by Gasteiger charge is 2.31. The highest BCUT2D eigenvalue weighted by Crippen LogP contribution is 2.32. The van der Waals surface area contributed by atoms with Crippen LogP contribution in [0.25, 0.3) is 40.5 Å². The minimum atomic E-state index is -0.746. The van der Waals surface area contributed by atoms with Crippen molar-refractivity contribution < 1.29 is 14.7 Å². The number of urea groups is 1. The number of carbonyl (C=O) groups is 2. The number of aromatic hydroxyl groups is 1. The molecule has 4 unspecified atom stereocenters. The minimum Gasteiger partial charge on any atom is -0.506 e. The number of primary amides is 1. The van der Waals surface area contributed by atoms with E-state index in [0.29, 0.717) is 29.1 Å². The predicted molar refractivity (Wildman–Crippen MR) is 185 cm³/mol. The first-order chi connectivity index (χ1) is 22.6. The second-order valence-electron chi connectivity index (χ2n) is 12.2. The molecular weight excluding hydrogens is 590 g/mol. The Hall–Kier alpha value is -5.64. The molecule has 3 aromatic rings. The van der Waals surface area contributed by atoms with Gasteiger partial charge in [-0.15, -0.1) is 0 Å². The predicted octanol–water partition coefficient (Wildman–Crippen LogP) is 3.71. The van der Waals surface area contributed by atoms with E-state index < -0.39 is 12.1 Å². The molecule has 0 spiro atoms. The molecule has 6 N–H and O–H groups in total. The molecule has 0 bridgehead atoms. The van der Waals surface area contributed by atoms with Crippen molar-refractivity contribution in [3.8, 4) is 22.8 Å². The van der Waals surface area contributed by atoms with Crippen LogP contribution in [0, 0.1) is 11.8 Å². The number of rotatable bonds is 8. The average Bonchev–Trinajstić information content (AvgIpc) is 3.06. The van der Waals surface area contributed by atoms with Crippen molar-refractivity contribution in [2.45, 2.75) is 45.7 Å². The summed E-state index contributed by atoms with van der Waals surface area (Å²) < 4.78 is 2.13. The molecule has 47 heavy (non-hydrogen) atoms. The maximum atomic E-state index is 13.5. The van der Waals surface area contributed by atoms with E-state index in [4.69, 9.17) is 15.8 Å². The summed E-state index contributed by atoms with van der Waals surface area (Å²) in [5, 5.41) is 25.1. The Labute approximate surface area is 272 Å². The number of anilines is 1. The minimum absolute atomic E-state index is 0.0397. The quantitative estimate of drug-likeness (QED) is 0.131. The number of nitrogens with one attached hydrogen (secondary N) is 3. The normalized spacial score (nSPS) is 17.4. The van der Waals surface area contributed by atoms with Crippen LogP contribution in [0.1, 0.15) is 32.9 Å². The van der Waals surface area contributed by atoms with E-state index in [2.05, 4.69) is 34.1 Å². The first-order valence-corrected chi connectivity index (χ1v) is 15.8. The fourth-order valence-corrected chi connectivity index (χ4v) is 6.17. The van der Waals surface area contributed by atoms with Gasteiger partial charge in [0.1, 0.15) is 17.5 Å². The summed E-state index contributed by atoms with van der Waals surface area (Å²) in [7, 11) is 0. The van der Waals surface area contributed by atoms with E-state index in [1.807, 2.05) is 92.7 Å². The summed E-state index contributed by atoms with van der Waals surface area (Å²) in [6, 6.07) is 23.3. The molecule has 1 heterocycles. The van der Waals surface area contributed by atoms with Crippen LogP contribution in [0.3, 0.4) is 0 Å². The third-order valence-electron chi connectivity index (χ3n) is 8.99. The third-order valence-corrected chi connectivity index (χ3v) is 8.99. The molecule has 4 atom stereocenters. The van der Waals surface area contributed by atoms with Crippen molar-refractivity contribution in [1.29, 1.82) is 0 Å². The highest BCUT2D eigenvalue weighted by atomic mass is 16.3. The lowest BCUT2D eigenvalue weighted by Crippen LogP contribution is -2.55. The number of amides is 3. The van der Waals surface area contributed by atoms with Crippen molar-refractivity contribution in [1.82, 2.24) is 20.2 Å². The van der Waals surface area contributed by atoms with E-state index in [1.165, 1.54) is 0 Å². The zero-order valence-electron chi connectivity index (χ0n) is 26.7. The van der Waals surface area contributed by atoms with E-state index >= 15 is 0 Å². The van der Waals surface area contributed by atoms with Gasteiger partial charge in [-0.2, -0.15) is 5.10 Å². The summed E-state index contributed by atoms with van der Waals surface area (Å²) >= 11 is 0. The lowest BCUT2D eigenvalue weighted by Gasteiger charge is -2.31. The molecule has 0 radical (unpaired) electrons. The molecule has 0 saturated heterocycles. The molecule has 10 nitrogen and oxygen atoms in total. The lowest BCUT2D eigenvalue weighted by atomic mass is 9.89. The fraction of sp³-hybridized carbons (Fsp3) is 0.243. The van der Waals surface area contributed by atoms with Gasteiger partial charge in [-0.1, -0.05) is 82.3 Å². The summed E-state index contributed by atoms with van der Waals surface area (Å²) in [5.41, 5.74) is 12.4. The Balaban J connectivity index is 1.49. The van der Waals surface area contributed by atoms with Gasteiger partial charge >= 0.3 is 6.03 Å². The molecule has 3 aliphatic rings. The van der Waals surface area contributed by atoms with Gasteiger partial charge < -0.3 is 26.0 Å². The smallest absolute Gasteiger partial charge is 0.312 e. The number of phenols is 1. The molecule has 0 saturated carbocycles. The standard InChI is InChI=1S/C37H39N7O3/c1-5-21(2)34(41-37(38)47)36(46)40-27-19-31-29(17-22(27)3)39-30-18-23(4)28(20-32(30)44(31)25-12-7-6-8-13-25)42-43-35-26-14-10-9-11-24(26)15-16-33(35)45/h6-16,18-22,27,34,43,45H,4-5,17H2,1-3H3,(H,40,46)(H3,38,41,47). The second kappa shape index (κ2) is 13.0. The number of fused-ring (bicyclic) bond motifs is 3. The van der Waals surface area contributed by atoms with Crippen molar-refractivity contribution in [2.24, 2.45) is 22.7 Å². The number of nitrogens with two attached hydrogens (primary N) is 1. The number of para-hydroxylation sites is 1. The van der Waals surface area contributed by atoms with Gasteiger partial charge in [0.25, 0.3) is 0 Å². The molecule has 240 valence electrons. The first-order valence-electron chi connectivity index (χ1n) is 15.8. The van der Waals surface area contributed by atoms with Crippen LogP contribution < -0.4 is 37.7 Å². The zero-order valence-corrected chi connectivity index (χ0v) is 26.7. The van der Waals surface area contributed by atoms with Crippen LogP contribution >= 0.6 is 0 Å². The Morgan fingerprint density at radius 3 is 2.60 bits per heavy atom. The first kappa shape index (κ1) is 31.3. The van der Waals surface area contributed by atoms with Gasteiger partial charge in [-0.3, -0.25) is 10.2 Å². The molecule has 3 aromatic carbocycles. The number of aromatic nitrogens is 2. The summed E-state index contributed by atoms with van der Waals surface area (Å²) in [6.07, 6.45) is 3.36. The Kier molecular flexibility index (Phi) is 8.67. The van der Waals surface area contributed by atoms with Gasteiger partial charge in [-0.05, 0) is 65.3 Å². The summed E-state index contributed by atoms with van der Waals surface area (Å²) in [6.45, 7) is 10.2. The number of hydrogen-bond donors (Lipinski definition) is 5. The highest BCUT2D eigenvalue weighted by molar-refractivity contribution is 5.96. The molecule has 3 amide bonds. The Morgan fingerprint density at radius 2 is 1.85 bits per heavy atom. The third kappa shape index (κ3) is 6.27. The molecular formula is C37H39N7O3. The van der Waals surface area contributed by atoms with E-state index in [1.54, 1.807) is 6.07 Å². The van der Waals surface area contributed by atoms with Gasteiger partial charge in [0.15, 0.2) is 0 Å². The number of carbonyl (C=O) groups excluding carboxylic acids is 2. The molecule has 10 heteroatoms. The number of benzene rings is 4. The maximum Gasteiger partial charge on any atom is 0.312 e. The van der Waals surface area contributed by atoms with E-state index in [9.17, 15) is 14.7 Å². The fourth-order valence-electron chi connectivity index (χ4n) is 6.17. The maximum absolute atomic E-state index is 13.5. The number of nitrogens with zero attached hydrogens (tertiary/aromatic N) is 3. The number of phenolic OH excluding ortho intramolecular Hbond substituents is 1. The second-order valence-corrected chi connectivity index (χ2v) is 12.2. The van der Waals surface area contributed by atoms with Gasteiger partial charge in [0, 0.05) is 11.1 Å². The Bertz CT molecular complexity index is 2130. The monoisotopic (exact) mass is 629 g/mol. The van der Waals surface area contributed by atoms with Crippen molar-refractivity contribution in [3.05, 3.63) is 100 Å². The largest absolute Gasteiger partial charge is 0.506 e. The molecule has 6 rings (SSSR count). The molecule has 2 aliphatic carbocycles. The number of hydrogen-bond acceptors (Lipinski definition) is 6. The molecule has 0 fully saturated rings. The zero-order chi connectivity index (χ0) is 33.2. The van der Waals surface area contributed by atoms with Crippen molar-refractivity contribution in [2.75, 3.05) is 5.43 Å². The van der Waals surface area contributed by atoms with Crippen LogP contribution in [0.5, 0.6) is 5.75 Å². The van der Waals surface area contributed by atoms with Crippen molar-refractivity contribution in [3.63, 3.8) is 0 Å². The van der Waals surface area contributed by atoms with Crippen LogP contribution in [-0.4, -0.2) is 38.7 Å². The SMILES string of the molecule is C=c1cc2nc3c(n(-c4ccccc4)c-2cc1=NNc1c(O)ccc2ccccc12)=CC(NC(=O)C(NC(N)=O)C(C)CC)C(C)C3. The molecule has 1 aliphatic heterocycles. The van der Waals surface area contributed by atoms with Gasteiger partial charge in [-0.25, -0.2) is 9.78 Å². The van der Waals surface area contributed by atoms with Crippen LogP contribution in [0.2, 0.25) is 0 Å². The average molecular weight is 630 g/mol. The summed E-state index contributed by atoms with van der Waals surface area (Å²) in [5.74, 6) is -0.248. The van der Waals surface area contributed by atoms with Crippen LogP contribution in [0.4, 0.5) is 10.5 Å². The van der Waals surface area contributed by atoms with E-state index in [-0.39, 0.29) is 29.5 Å². The lowest BCUT2D eigenvalue weighted by molar-refractivity contribution is -0.124.